The molecule has 2 aromatic rings. The van der Waals surface area contributed by atoms with Gasteiger partial charge in [-0.1, -0.05) is 17.7 Å². The van der Waals surface area contributed by atoms with Crippen molar-refractivity contribution in [1.29, 1.82) is 0 Å². The second-order valence-electron chi connectivity index (χ2n) is 5.96. The van der Waals surface area contributed by atoms with E-state index in [1.807, 2.05) is 43.3 Å². The summed E-state index contributed by atoms with van der Waals surface area (Å²) in [5.74, 6) is 0.558. The summed E-state index contributed by atoms with van der Waals surface area (Å²) in [7, 11) is 1.39. The molecule has 2 rings (SSSR count). The monoisotopic (exact) mass is 405 g/mol. The van der Waals surface area contributed by atoms with Gasteiger partial charge in [0.05, 0.1) is 25.0 Å². The summed E-state index contributed by atoms with van der Waals surface area (Å²) in [6.45, 7) is 5.43. The third-order valence-corrected chi connectivity index (χ3v) is 4.43. The lowest BCUT2D eigenvalue weighted by molar-refractivity contribution is 0.0601. The molecule has 0 saturated heterocycles. The van der Waals surface area contributed by atoms with Crippen LogP contribution in [0.3, 0.4) is 0 Å². The lowest BCUT2D eigenvalue weighted by Gasteiger charge is -2.14. The van der Waals surface area contributed by atoms with Crippen molar-refractivity contribution in [3.63, 3.8) is 0 Å². The van der Waals surface area contributed by atoms with Gasteiger partial charge in [-0.15, -0.1) is 0 Å². The summed E-state index contributed by atoms with van der Waals surface area (Å²) in [4.78, 5) is 12.0. The van der Waals surface area contributed by atoms with Crippen LogP contribution in [0.5, 0.6) is 5.75 Å². The standard InChI is InChI=1S/C20H24BrNO3/c1-14-6-8-16(9-7-14)25-11-5-4-10-22-19-17(20(23)24-3)12-15(2)13-18(19)21/h6-9,12-13,22H,4-5,10-11H2,1-3H3. The number of unbranched alkanes of at least 4 members (excludes halogenated alkanes) is 1. The number of esters is 1. The molecule has 0 bridgehead atoms. The van der Waals surface area contributed by atoms with Crippen LogP contribution in [-0.4, -0.2) is 26.2 Å². The van der Waals surface area contributed by atoms with E-state index in [9.17, 15) is 4.79 Å². The van der Waals surface area contributed by atoms with Gasteiger partial charge in [0.1, 0.15) is 5.75 Å². The van der Waals surface area contributed by atoms with E-state index in [4.69, 9.17) is 9.47 Å². The van der Waals surface area contributed by atoms with Crippen molar-refractivity contribution < 1.29 is 14.3 Å². The number of nitrogens with one attached hydrogen (secondary N) is 1. The van der Waals surface area contributed by atoms with Crippen molar-refractivity contribution in [3.05, 3.63) is 57.6 Å². The molecule has 0 heterocycles. The van der Waals surface area contributed by atoms with Crippen molar-refractivity contribution in [3.8, 4) is 5.75 Å². The summed E-state index contributed by atoms with van der Waals surface area (Å²) in [6, 6.07) is 11.9. The molecule has 0 saturated carbocycles. The van der Waals surface area contributed by atoms with E-state index < -0.39 is 0 Å². The van der Waals surface area contributed by atoms with Gasteiger partial charge in [0.2, 0.25) is 0 Å². The molecule has 0 unspecified atom stereocenters. The quantitative estimate of drug-likeness (QED) is 0.488. The van der Waals surface area contributed by atoms with Crippen molar-refractivity contribution in [2.45, 2.75) is 26.7 Å². The zero-order valence-electron chi connectivity index (χ0n) is 14.9. The maximum Gasteiger partial charge on any atom is 0.340 e. The first-order valence-electron chi connectivity index (χ1n) is 8.33. The summed E-state index contributed by atoms with van der Waals surface area (Å²) in [6.07, 6.45) is 1.87. The molecule has 4 nitrogen and oxygen atoms in total. The first kappa shape index (κ1) is 19.3. The maximum absolute atomic E-state index is 12.0. The number of carbonyl (C=O) groups is 1. The fourth-order valence-electron chi connectivity index (χ4n) is 2.46. The van der Waals surface area contributed by atoms with Crippen LogP contribution in [0.4, 0.5) is 5.69 Å². The van der Waals surface area contributed by atoms with Crippen LogP contribution in [0.2, 0.25) is 0 Å². The minimum absolute atomic E-state index is 0.338. The molecule has 0 radical (unpaired) electrons. The van der Waals surface area contributed by atoms with E-state index in [0.29, 0.717) is 12.2 Å². The van der Waals surface area contributed by atoms with E-state index in [1.54, 1.807) is 0 Å². The summed E-state index contributed by atoms with van der Waals surface area (Å²) < 4.78 is 11.5. The Hall–Kier alpha value is -2.01. The highest BCUT2D eigenvalue weighted by atomic mass is 79.9. The first-order valence-corrected chi connectivity index (χ1v) is 9.12. The zero-order valence-corrected chi connectivity index (χ0v) is 16.5. The van der Waals surface area contributed by atoms with Crippen LogP contribution in [0.15, 0.2) is 40.9 Å². The molecule has 5 heteroatoms. The predicted octanol–water partition coefficient (Wildman–Crippen LogP) is 5.12. The number of anilines is 1. The van der Waals surface area contributed by atoms with Gasteiger partial charge in [-0.2, -0.15) is 0 Å². The number of aryl methyl sites for hydroxylation is 2. The molecule has 0 amide bonds. The second kappa shape index (κ2) is 9.47. The molecule has 0 spiro atoms. The fraction of sp³-hybridized carbons (Fsp3) is 0.350. The van der Waals surface area contributed by atoms with Crippen molar-refractivity contribution >= 4 is 27.6 Å². The Kier molecular flexibility index (Phi) is 7.31. The predicted molar refractivity (Wildman–Crippen MR) is 105 cm³/mol. The normalized spacial score (nSPS) is 10.4. The van der Waals surface area contributed by atoms with Gasteiger partial charge in [0, 0.05) is 11.0 Å². The molecule has 2 aromatic carbocycles. The van der Waals surface area contributed by atoms with Crippen molar-refractivity contribution in [2.75, 3.05) is 25.6 Å². The van der Waals surface area contributed by atoms with Crippen molar-refractivity contribution in [1.82, 2.24) is 0 Å². The third-order valence-electron chi connectivity index (χ3n) is 3.80. The molecule has 0 aromatic heterocycles. The largest absolute Gasteiger partial charge is 0.494 e. The number of hydrogen-bond donors (Lipinski definition) is 1. The molecule has 25 heavy (non-hydrogen) atoms. The van der Waals surface area contributed by atoms with Crippen LogP contribution in [0.25, 0.3) is 0 Å². The Morgan fingerprint density at radius 1 is 1.08 bits per heavy atom. The topological polar surface area (TPSA) is 47.6 Å². The Labute approximate surface area is 157 Å². The molecule has 0 aliphatic heterocycles. The molecule has 0 aliphatic carbocycles. The Bertz CT molecular complexity index is 714. The van der Waals surface area contributed by atoms with Gasteiger partial charge in [-0.05, 0) is 72.4 Å². The smallest absolute Gasteiger partial charge is 0.340 e. The number of rotatable bonds is 8. The van der Waals surface area contributed by atoms with Gasteiger partial charge < -0.3 is 14.8 Å². The Morgan fingerprint density at radius 2 is 1.80 bits per heavy atom. The van der Waals surface area contributed by atoms with Crippen LogP contribution in [0, 0.1) is 13.8 Å². The highest BCUT2D eigenvalue weighted by Gasteiger charge is 2.15. The average molecular weight is 406 g/mol. The number of carbonyl (C=O) groups excluding carboxylic acids is 1. The molecule has 0 fully saturated rings. The summed E-state index contributed by atoms with van der Waals surface area (Å²) in [5, 5.41) is 3.33. The van der Waals surface area contributed by atoms with Gasteiger partial charge in [-0.3, -0.25) is 0 Å². The minimum atomic E-state index is -0.338. The lowest BCUT2D eigenvalue weighted by Crippen LogP contribution is -2.11. The molecule has 134 valence electrons. The molecular formula is C20H24BrNO3. The van der Waals surface area contributed by atoms with E-state index >= 15 is 0 Å². The first-order chi connectivity index (χ1) is 12.0. The van der Waals surface area contributed by atoms with Crippen molar-refractivity contribution in [2.24, 2.45) is 0 Å². The highest BCUT2D eigenvalue weighted by molar-refractivity contribution is 9.10. The van der Waals surface area contributed by atoms with E-state index in [-0.39, 0.29) is 5.97 Å². The number of hydrogen-bond acceptors (Lipinski definition) is 4. The number of benzene rings is 2. The molecular weight excluding hydrogens is 382 g/mol. The van der Waals surface area contributed by atoms with Gasteiger partial charge in [0.15, 0.2) is 0 Å². The fourth-order valence-corrected chi connectivity index (χ4v) is 3.17. The minimum Gasteiger partial charge on any atom is -0.494 e. The van der Waals surface area contributed by atoms with E-state index in [1.165, 1.54) is 12.7 Å². The van der Waals surface area contributed by atoms with Crippen LogP contribution in [0.1, 0.15) is 34.3 Å². The average Bonchev–Trinajstić information content (AvgIpc) is 2.59. The van der Waals surface area contributed by atoms with Crippen LogP contribution >= 0.6 is 15.9 Å². The molecule has 0 atom stereocenters. The maximum atomic E-state index is 12.0. The summed E-state index contributed by atoms with van der Waals surface area (Å²) in [5.41, 5.74) is 3.55. The highest BCUT2D eigenvalue weighted by Crippen LogP contribution is 2.29. The summed E-state index contributed by atoms with van der Waals surface area (Å²) >= 11 is 3.52. The Balaban J connectivity index is 1.81. The number of halogens is 1. The lowest BCUT2D eigenvalue weighted by atomic mass is 10.1. The Morgan fingerprint density at radius 3 is 2.48 bits per heavy atom. The SMILES string of the molecule is COC(=O)c1cc(C)cc(Br)c1NCCCCOc1ccc(C)cc1. The van der Waals surface area contributed by atoms with Crippen LogP contribution < -0.4 is 10.1 Å². The van der Waals surface area contributed by atoms with Gasteiger partial charge in [-0.25, -0.2) is 4.79 Å². The van der Waals surface area contributed by atoms with Gasteiger partial charge in [0.25, 0.3) is 0 Å². The number of ether oxygens (including phenoxy) is 2. The third kappa shape index (κ3) is 5.78. The van der Waals surface area contributed by atoms with Gasteiger partial charge >= 0.3 is 5.97 Å². The van der Waals surface area contributed by atoms with E-state index in [2.05, 4.69) is 28.2 Å². The van der Waals surface area contributed by atoms with E-state index in [0.717, 1.165) is 40.9 Å². The zero-order chi connectivity index (χ0) is 18.2. The molecule has 0 aliphatic rings. The second-order valence-corrected chi connectivity index (χ2v) is 6.81. The molecule has 1 N–H and O–H groups in total. The van der Waals surface area contributed by atoms with Crippen LogP contribution in [-0.2, 0) is 4.74 Å². The number of methoxy groups -OCH3 is 1.